The molecule has 0 rings (SSSR count). The average Bonchev–Trinajstić information content (AvgIpc) is 2.24. The molecule has 0 heterocycles. The van der Waals surface area contributed by atoms with Crippen LogP contribution in [-0.2, 0) is 9.59 Å². The monoisotopic (exact) mass is 244 g/mol. The molecule has 100 valence electrons. The minimum absolute atomic E-state index is 0.00284. The molecule has 3 N–H and O–H groups in total. The number of aliphatic carboxylic acids is 1. The van der Waals surface area contributed by atoms with Crippen LogP contribution in [0.15, 0.2) is 0 Å². The van der Waals surface area contributed by atoms with Crippen molar-refractivity contribution in [1.29, 1.82) is 0 Å². The molecule has 5 heteroatoms. The van der Waals surface area contributed by atoms with E-state index in [1.807, 2.05) is 20.8 Å². The van der Waals surface area contributed by atoms with Crippen LogP contribution in [0.4, 0.5) is 0 Å². The van der Waals surface area contributed by atoms with Gasteiger partial charge in [-0.05, 0) is 32.2 Å². The maximum Gasteiger partial charge on any atom is 0.303 e. The van der Waals surface area contributed by atoms with E-state index in [1.165, 1.54) is 0 Å². The summed E-state index contributed by atoms with van der Waals surface area (Å²) in [4.78, 5) is 21.8. The van der Waals surface area contributed by atoms with Gasteiger partial charge in [0.25, 0.3) is 0 Å². The molecular weight excluding hydrogens is 220 g/mol. The number of hydrogen-bond donors (Lipinski definition) is 3. The Bertz CT molecular complexity index is 242. The van der Waals surface area contributed by atoms with E-state index >= 15 is 0 Å². The standard InChI is InChI=1S/C12H24N2O3/c1-9(2)8-14-12(17)10(3)13-7-5-4-6-11(15)16/h9-10,13H,4-8H2,1-3H3,(H,14,17)(H,15,16). The zero-order valence-electron chi connectivity index (χ0n) is 11.0. The predicted molar refractivity (Wildman–Crippen MR) is 66.8 cm³/mol. The fraction of sp³-hybridized carbons (Fsp3) is 0.833. The van der Waals surface area contributed by atoms with Gasteiger partial charge in [-0.25, -0.2) is 0 Å². The van der Waals surface area contributed by atoms with E-state index in [4.69, 9.17) is 5.11 Å². The Morgan fingerprint density at radius 3 is 2.35 bits per heavy atom. The first-order chi connectivity index (χ1) is 7.93. The molecule has 0 spiro atoms. The summed E-state index contributed by atoms with van der Waals surface area (Å²) >= 11 is 0. The zero-order valence-corrected chi connectivity index (χ0v) is 11.0. The van der Waals surface area contributed by atoms with Gasteiger partial charge in [0.15, 0.2) is 0 Å². The van der Waals surface area contributed by atoms with Crippen molar-refractivity contribution < 1.29 is 14.7 Å². The Balaban J connectivity index is 3.53. The third kappa shape index (κ3) is 9.81. The van der Waals surface area contributed by atoms with Gasteiger partial charge in [0.1, 0.15) is 0 Å². The maximum atomic E-state index is 11.6. The van der Waals surface area contributed by atoms with Gasteiger partial charge in [-0.15, -0.1) is 0 Å². The van der Waals surface area contributed by atoms with Crippen molar-refractivity contribution in [1.82, 2.24) is 10.6 Å². The molecule has 5 nitrogen and oxygen atoms in total. The largest absolute Gasteiger partial charge is 0.481 e. The van der Waals surface area contributed by atoms with Gasteiger partial charge < -0.3 is 15.7 Å². The van der Waals surface area contributed by atoms with E-state index in [2.05, 4.69) is 10.6 Å². The smallest absolute Gasteiger partial charge is 0.303 e. The Kier molecular flexibility index (Phi) is 8.40. The van der Waals surface area contributed by atoms with Crippen molar-refractivity contribution in [3.05, 3.63) is 0 Å². The second kappa shape index (κ2) is 8.98. The zero-order chi connectivity index (χ0) is 13.3. The van der Waals surface area contributed by atoms with Crippen molar-refractivity contribution in [3.63, 3.8) is 0 Å². The second-order valence-electron chi connectivity index (χ2n) is 4.67. The van der Waals surface area contributed by atoms with Crippen LogP contribution in [0.1, 0.15) is 40.0 Å². The number of carbonyl (C=O) groups excluding carboxylic acids is 1. The number of carbonyl (C=O) groups is 2. The van der Waals surface area contributed by atoms with E-state index in [0.29, 0.717) is 25.4 Å². The number of nitrogens with one attached hydrogen (secondary N) is 2. The molecule has 0 saturated carbocycles. The van der Waals surface area contributed by atoms with Crippen LogP contribution < -0.4 is 10.6 Å². The van der Waals surface area contributed by atoms with Gasteiger partial charge in [0.2, 0.25) is 5.91 Å². The molecule has 0 aromatic carbocycles. The molecular formula is C12H24N2O3. The van der Waals surface area contributed by atoms with Gasteiger partial charge in [0, 0.05) is 13.0 Å². The maximum absolute atomic E-state index is 11.6. The van der Waals surface area contributed by atoms with Crippen LogP contribution in [0.3, 0.4) is 0 Å². The number of unbranched alkanes of at least 4 members (excludes halogenated alkanes) is 1. The lowest BCUT2D eigenvalue weighted by molar-refractivity contribution is -0.137. The van der Waals surface area contributed by atoms with Crippen molar-refractivity contribution in [2.24, 2.45) is 5.92 Å². The molecule has 0 bridgehead atoms. The number of rotatable bonds is 9. The summed E-state index contributed by atoms with van der Waals surface area (Å²) in [6.45, 7) is 7.26. The van der Waals surface area contributed by atoms with E-state index in [0.717, 1.165) is 6.42 Å². The SMILES string of the molecule is CC(C)CNC(=O)C(C)NCCCCC(=O)O. The van der Waals surface area contributed by atoms with Crippen LogP contribution in [0.25, 0.3) is 0 Å². The molecule has 1 amide bonds. The van der Waals surface area contributed by atoms with E-state index < -0.39 is 5.97 Å². The summed E-state index contributed by atoms with van der Waals surface area (Å²) in [5, 5.41) is 14.4. The number of hydrogen-bond acceptors (Lipinski definition) is 3. The van der Waals surface area contributed by atoms with Crippen molar-refractivity contribution >= 4 is 11.9 Å². The molecule has 17 heavy (non-hydrogen) atoms. The molecule has 0 aromatic heterocycles. The van der Waals surface area contributed by atoms with Crippen molar-refractivity contribution in [2.75, 3.05) is 13.1 Å². The highest BCUT2D eigenvalue weighted by Gasteiger charge is 2.11. The molecule has 0 aliphatic heterocycles. The highest BCUT2D eigenvalue weighted by molar-refractivity contribution is 5.81. The molecule has 0 aliphatic rings. The van der Waals surface area contributed by atoms with Gasteiger partial charge in [-0.1, -0.05) is 13.8 Å². The lowest BCUT2D eigenvalue weighted by Gasteiger charge is -2.14. The van der Waals surface area contributed by atoms with Crippen LogP contribution >= 0.6 is 0 Å². The summed E-state index contributed by atoms with van der Waals surface area (Å²) in [6, 6.07) is -0.224. The third-order valence-corrected chi connectivity index (χ3v) is 2.35. The Morgan fingerprint density at radius 1 is 1.18 bits per heavy atom. The number of carboxylic acid groups (broad SMARTS) is 1. The first-order valence-corrected chi connectivity index (χ1v) is 6.16. The summed E-state index contributed by atoms with van der Waals surface area (Å²) < 4.78 is 0. The van der Waals surface area contributed by atoms with E-state index in [9.17, 15) is 9.59 Å². The van der Waals surface area contributed by atoms with Crippen LogP contribution in [0, 0.1) is 5.92 Å². The summed E-state index contributed by atoms with van der Waals surface area (Å²) in [6.07, 6.45) is 1.60. The fourth-order valence-electron chi connectivity index (χ4n) is 1.27. The Labute approximate surface area is 103 Å². The molecule has 0 fully saturated rings. The summed E-state index contributed by atoms with van der Waals surface area (Å²) in [5.74, 6) is -0.327. The highest BCUT2D eigenvalue weighted by atomic mass is 16.4. The van der Waals surface area contributed by atoms with Gasteiger partial charge in [-0.3, -0.25) is 9.59 Å². The molecule has 1 atom stereocenters. The first-order valence-electron chi connectivity index (χ1n) is 6.16. The highest BCUT2D eigenvalue weighted by Crippen LogP contribution is 1.95. The van der Waals surface area contributed by atoms with Crippen LogP contribution in [0.5, 0.6) is 0 Å². The second-order valence-corrected chi connectivity index (χ2v) is 4.67. The lowest BCUT2D eigenvalue weighted by Crippen LogP contribution is -2.43. The topological polar surface area (TPSA) is 78.4 Å². The summed E-state index contributed by atoms with van der Waals surface area (Å²) in [5.41, 5.74) is 0. The average molecular weight is 244 g/mol. The fourth-order valence-corrected chi connectivity index (χ4v) is 1.27. The lowest BCUT2D eigenvalue weighted by atomic mass is 10.2. The normalized spacial score (nSPS) is 12.5. The third-order valence-electron chi connectivity index (χ3n) is 2.35. The van der Waals surface area contributed by atoms with Crippen LogP contribution in [0.2, 0.25) is 0 Å². The van der Waals surface area contributed by atoms with Gasteiger partial charge in [0.05, 0.1) is 6.04 Å². The van der Waals surface area contributed by atoms with Crippen LogP contribution in [-0.4, -0.2) is 36.1 Å². The predicted octanol–water partition coefficient (Wildman–Crippen LogP) is 0.992. The Morgan fingerprint density at radius 2 is 1.82 bits per heavy atom. The molecule has 1 unspecified atom stereocenters. The van der Waals surface area contributed by atoms with Crippen molar-refractivity contribution in [3.8, 4) is 0 Å². The first kappa shape index (κ1) is 15.9. The van der Waals surface area contributed by atoms with E-state index in [1.54, 1.807) is 0 Å². The Hall–Kier alpha value is -1.10. The molecule has 0 radical (unpaired) electrons. The van der Waals surface area contributed by atoms with Gasteiger partial charge in [-0.2, -0.15) is 0 Å². The molecule has 0 aromatic rings. The minimum Gasteiger partial charge on any atom is -0.481 e. The minimum atomic E-state index is -0.771. The quantitative estimate of drug-likeness (QED) is 0.529. The number of amides is 1. The van der Waals surface area contributed by atoms with Crippen molar-refractivity contribution in [2.45, 2.75) is 46.1 Å². The van der Waals surface area contributed by atoms with E-state index in [-0.39, 0.29) is 18.4 Å². The molecule has 0 saturated heterocycles. The number of carboxylic acids is 1. The summed E-state index contributed by atoms with van der Waals surface area (Å²) in [7, 11) is 0. The van der Waals surface area contributed by atoms with Gasteiger partial charge >= 0.3 is 5.97 Å². The molecule has 0 aliphatic carbocycles.